The average molecular weight is 327 g/mol. The van der Waals surface area contributed by atoms with Gasteiger partial charge in [-0.15, -0.1) is 0 Å². The minimum Gasteiger partial charge on any atom is -0.480 e. The lowest BCUT2D eigenvalue weighted by Gasteiger charge is -2.32. The van der Waals surface area contributed by atoms with E-state index in [2.05, 4.69) is 20.9 Å². The number of halogens is 1. The minimum absolute atomic E-state index is 0.182. The SMILES string of the molecule is CC(=O)C(C(C)=O)N1C(=O)COc2ccc(Br)nc21. The molecule has 0 fully saturated rings. The number of carbonyl (C=O) groups is 3. The first-order chi connectivity index (χ1) is 8.91. The molecule has 6 nitrogen and oxygen atoms in total. The van der Waals surface area contributed by atoms with Gasteiger partial charge in [-0.25, -0.2) is 4.98 Å². The van der Waals surface area contributed by atoms with Crippen LogP contribution in [-0.2, 0) is 14.4 Å². The molecule has 19 heavy (non-hydrogen) atoms. The third kappa shape index (κ3) is 2.51. The van der Waals surface area contributed by atoms with Gasteiger partial charge in [-0.2, -0.15) is 0 Å². The third-order valence-corrected chi connectivity index (χ3v) is 3.12. The van der Waals surface area contributed by atoms with Gasteiger partial charge in [0, 0.05) is 0 Å². The lowest BCUT2D eigenvalue weighted by molar-refractivity contribution is -0.131. The Bertz CT molecular complexity index is 559. The summed E-state index contributed by atoms with van der Waals surface area (Å²) in [6.07, 6.45) is 0. The van der Waals surface area contributed by atoms with Crippen molar-refractivity contribution in [3.8, 4) is 5.75 Å². The van der Waals surface area contributed by atoms with Crippen LogP contribution >= 0.6 is 15.9 Å². The highest BCUT2D eigenvalue weighted by atomic mass is 79.9. The number of rotatable bonds is 3. The highest BCUT2D eigenvalue weighted by Crippen LogP contribution is 2.33. The lowest BCUT2D eigenvalue weighted by Crippen LogP contribution is -2.52. The molecule has 0 saturated heterocycles. The molecule has 1 aromatic rings. The number of fused-ring (bicyclic) bond motifs is 1. The molecule has 0 N–H and O–H groups in total. The Morgan fingerprint density at radius 1 is 1.37 bits per heavy atom. The van der Waals surface area contributed by atoms with Gasteiger partial charge in [-0.1, -0.05) is 0 Å². The highest BCUT2D eigenvalue weighted by molar-refractivity contribution is 9.10. The second-order valence-corrected chi connectivity index (χ2v) is 4.94. The Balaban J connectivity index is 2.56. The van der Waals surface area contributed by atoms with Crippen LogP contribution in [0.1, 0.15) is 13.8 Å². The molecule has 1 aromatic heterocycles. The normalized spacial score (nSPS) is 14.1. The van der Waals surface area contributed by atoms with Gasteiger partial charge in [0.15, 0.2) is 35.8 Å². The van der Waals surface area contributed by atoms with E-state index in [0.29, 0.717) is 10.4 Å². The first kappa shape index (κ1) is 13.7. The van der Waals surface area contributed by atoms with E-state index in [1.165, 1.54) is 13.8 Å². The molecule has 0 spiro atoms. The molecule has 0 aromatic carbocycles. The Morgan fingerprint density at radius 2 is 2.00 bits per heavy atom. The van der Waals surface area contributed by atoms with Gasteiger partial charge in [0.2, 0.25) is 0 Å². The Morgan fingerprint density at radius 3 is 2.58 bits per heavy atom. The number of hydrogen-bond donors (Lipinski definition) is 0. The summed E-state index contributed by atoms with van der Waals surface area (Å²) in [6, 6.07) is 2.13. The number of Topliss-reactive ketones (excluding diaryl/α,β-unsaturated/α-hetero) is 2. The zero-order chi connectivity index (χ0) is 14.2. The van der Waals surface area contributed by atoms with Gasteiger partial charge < -0.3 is 4.74 Å². The first-order valence-electron chi connectivity index (χ1n) is 5.54. The predicted molar refractivity (Wildman–Crippen MR) is 70.1 cm³/mol. The molecular formula is C12H11BrN2O4. The zero-order valence-corrected chi connectivity index (χ0v) is 11.9. The maximum absolute atomic E-state index is 12.0. The molecule has 0 saturated carbocycles. The molecule has 0 aliphatic carbocycles. The van der Waals surface area contributed by atoms with Crippen molar-refractivity contribution in [2.45, 2.75) is 19.9 Å². The number of pyridine rings is 1. The summed E-state index contributed by atoms with van der Waals surface area (Å²) in [6.45, 7) is 2.33. The van der Waals surface area contributed by atoms with Crippen molar-refractivity contribution < 1.29 is 19.1 Å². The van der Waals surface area contributed by atoms with E-state index in [1.54, 1.807) is 12.1 Å². The summed E-state index contributed by atoms with van der Waals surface area (Å²) in [5.74, 6) is -0.726. The second-order valence-electron chi connectivity index (χ2n) is 4.13. The summed E-state index contributed by atoms with van der Waals surface area (Å²) < 4.78 is 5.72. The van der Waals surface area contributed by atoms with Gasteiger partial charge in [-0.3, -0.25) is 19.3 Å². The molecule has 2 rings (SSSR count). The average Bonchev–Trinajstić information content (AvgIpc) is 2.31. The molecule has 0 atom stereocenters. The molecular weight excluding hydrogens is 316 g/mol. The second kappa shape index (κ2) is 5.08. The van der Waals surface area contributed by atoms with E-state index in [-0.39, 0.29) is 12.4 Å². The molecule has 1 aliphatic rings. The summed E-state index contributed by atoms with van der Waals surface area (Å²) in [5, 5.41) is 0. The quantitative estimate of drug-likeness (QED) is 0.614. The highest BCUT2D eigenvalue weighted by Gasteiger charge is 2.37. The topological polar surface area (TPSA) is 76.6 Å². The first-order valence-corrected chi connectivity index (χ1v) is 6.33. The van der Waals surface area contributed by atoms with Crippen LogP contribution in [0.15, 0.2) is 16.7 Å². The molecule has 7 heteroatoms. The van der Waals surface area contributed by atoms with Gasteiger partial charge in [-0.05, 0) is 41.9 Å². The number of ether oxygens (including phenoxy) is 1. The van der Waals surface area contributed by atoms with Crippen molar-refractivity contribution in [3.63, 3.8) is 0 Å². The lowest BCUT2D eigenvalue weighted by atomic mass is 10.1. The van der Waals surface area contributed by atoms with Crippen LogP contribution in [0.3, 0.4) is 0 Å². The van der Waals surface area contributed by atoms with E-state index >= 15 is 0 Å². The van der Waals surface area contributed by atoms with E-state index in [4.69, 9.17) is 4.74 Å². The fourth-order valence-corrected chi connectivity index (χ4v) is 2.24. The Kier molecular flexibility index (Phi) is 3.66. The molecule has 1 amide bonds. The van der Waals surface area contributed by atoms with Crippen molar-refractivity contribution in [1.29, 1.82) is 0 Å². The van der Waals surface area contributed by atoms with E-state index in [1.807, 2.05) is 0 Å². The van der Waals surface area contributed by atoms with Crippen LogP contribution in [0.4, 0.5) is 5.82 Å². The zero-order valence-electron chi connectivity index (χ0n) is 10.3. The largest absolute Gasteiger partial charge is 0.480 e. The fourth-order valence-electron chi connectivity index (χ4n) is 1.94. The molecule has 1 aliphatic heterocycles. The fraction of sp³-hybridized carbons (Fsp3) is 0.333. The van der Waals surface area contributed by atoms with Crippen molar-refractivity contribution in [1.82, 2.24) is 4.98 Å². The van der Waals surface area contributed by atoms with Gasteiger partial charge in [0.25, 0.3) is 5.91 Å². The molecule has 2 heterocycles. The predicted octanol–water partition coefficient (Wildman–Crippen LogP) is 1.12. The summed E-state index contributed by atoms with van der Waals surface area (Å²) in [7, 11) is 0. The number of hydrogen-bond acceptors (Lipinski definition) is 5. The van der Waals surface area contributed by atoms with Crippen LogP contribution < -0.4 is 9.64 Å². The maximum Gasteiger partial charge on any atom is 0.267 e. The summed E-state index contributed by atoms with van der Waals surface area (Å²) in [5.41, 5.74) is 0. The van der Waals surface area contributed by atoms with E-state index in [9.17, 15) is 14.4 Å². The van der Waals surface area contributed by atoms with Crippen molar-refractivity contribution in [2.75, 3.05) is 11.5 Å². The van der Waals surface area contributed by atoms with Gasteiger partial charge >= 0.3 is 0 Å². The minimum atomic E-state index is -1.16. The number of amides is 1. The van der Waals surface area contributed by atoms with Crippen LogP contribution in [0, 0.1) is 0 Å². The van der Waals surface area contributed by atoms with Gasteiger partial charge in [0.05, 0.1) is 0 Å². The number of nitrogens with zero attached hydrogens (tertiary/aromatic N) is 2. The number of carbonyl (C=O) groups excluding carboxylic acids is 3. The monoisotopic (exact) mass is 326 g/mol. The summed E-state index contributed by atoms with van der Waals surface area (Å²) >= 11 is 3.19. The molecule has 0 bridgehead atoms. The molecule has 0 unspecified atom stereocenters. The van der Waals surface area contributed by atoms with Crippen LogP contribution in [0.5, 0.6) is 5.75 Å². The number of ketones is 2. The smallest absolute Gasteiger partial charge is 0.267 e. The van der Waals surface area contributed by atoms with Crippen LogP contribution in [0.25, 0.3) is 0 Å². The Labute approximate surface area is 117 Å². The number of anilines is 1. The molecule has 0 radical (unpaired) electrons. The van der Waals surface area contributed by atoms with Crippen molar-refractivity contribution >= 4 is 39.2 Å². The maximum atomic E-state index is 12.0. The Hall–Kier alpha value is -1.76. The third-order valence-electron chi connectivity index (χ3n) is 2.68. The van der Waals surface area contributed by atoms with Crippen LogP contribution in [0.2, 0.25) is 0 Å². The summed E-state index contributed by atoms with van der Waals surface area (Å²) in [4.78, 5) is 40.4. The van der Waals surface area contributed by atoms with Crippen molar-refractivity contribution in [3.05, 3.63) is 16.7 Å². The van der Waals surface area contributed by atoms with Crippen molar-refractivity contribution in [2.24, 2.45) is 0 Å². The standard InChI is InChI=1S/C12H11BrN2O4/c1-6(16)11(7(2)17)15-10(18)5-19-8-3-4-9(13)14-12(8)15/h3-4,11H,5H2,1-2H3. The van der Waals surface area contributed by atoms with Crippen LogP contribution in [-0.4, -0.2) is 35.1 Å². The van der Waals surface area contributed by atoms with E-state index in [0.717, 1.165) is 4.90 Å². The van der Waals surface area contributed by atoms with E-state index < -0.39 is 23.5 Å². The number of aromatic nitrogens is 1. The van der Waals surface area contributed by atoms with Gasteiger partial charge in [0.1, 0.15) is 4.60 Å². The molecule has 100 valence electrons.